The van der Waals surface area contributed by atoms with Gasteiger partial charge in [-0.15, -0.1) is 24.0 Å². The van der Waals surface area contributed by atoms with Gasteiger partial charge in [-0.05, 0) is 53.4 Å². The van der Waals surface area contributed by atoms with Gasteiger partial charge in [0.25, 0.3) is 5.91 Å². The highest BCUT2D eigenvalue weighted by molar-refractivity contribution is 14.0. The summed E-state index contributed by atoms with van der Waals surface area (Å²) in [7, 11) is 5.59. The largest absolute Gasteiger partial charge is 0.357 e. The number of rotatable bonds is 7. The van der Waals surface area contributed by atoms with Gasteiger partial charge in [-0.3, -0.25) is 9.79 Å². The van der Waals surface area contributed by atoms with Crippen molar-refractivity contribution in [1.82, 2.24) is 15.1 Å². The van der Waals surface area contributed by atoms with Gasteiger partial charge in [0.1, 0.15) is 0 Å². The van der Waals surface area contributed by atoms with Gasteiger partial charge in [0, 0.05) is 46.3 Å². The molecule has 0 atom stereocenters. The van der Waals surface area contributed by atoms with Crippen LogP contribution in [0.3, 0.4) is 0 Å². The second-order valence-corrected chi connectivity index (χ2v) is 7.15. The fourth-order valence-corrected chi connectivity index (χ4v) is 3.27. The minimum Gasteiger partial charge on any atom is -0.357 e. The molecule has 7 heteroatoms. The SMILES string of the molecule is CCNC(=NCCc1cccc(C(=O)N(C)C)c1)N(C)Cc1ccsc1.I. The third kappa shape index (κ3) is 7.50. The van der Waals surface area contributed by atoms with Gasteiger partial charge in [0.05, 0.1) is 0 Å². The fourth-order valence-electron chi connectivity index (χ4n) is 2.61. The molecule has 1 amide bonds. The van der Waals surface area contributed by atoms with Gasteiger partial charge in [-0.2, -0.15) is 11.3 Å². The van der Waals surface area contributed by atoms with Gasteiger partial charge in [0.15, 0.2) is 5.96 Å². The number of guanidine groups is 1. The summed E-state index contributed by atoms with van der Waals surface area (Å²) in [6.07, 6.45) is 0.801. The molecule has 0 saturated carbocycles. The number of aliphatic imine (C=N–C) groups is 1. The lowest BCUT2D eigenvalue weighted by Crippen LogP contribution is -2.38. The Bertz CT molecular complexity index is 731. The van der Waals surface area contributed by atoms with Crippen LogP contribution in [-0.4, -0.2) is 55.9 Å². The van der Waals surface area contributed by atoms with E-state index in [9.17, 15) is 4.79 Å². The average Bonchev–Trinajstić information content (AvgIpc) is 3.13. The van der Waals surface area contributed by atoms with Crippen molar-refractivity contribution in [2.24, 2.45) is 4.99 Å². The van der Waals surface area contributed by atoms with E-state index in [0.29, 0.717) is 6.54 Å². The minimum absolute atomic E-state index is 0. The number of nitrogens with one attached hydrogen (secondary N) is 1. The number of benzene rings is 1. The zero-order valence-corrected chi connectivity index (χ0v) is 19.6. The summed E-state index contributed by atoms with van der Waals surface area (Å²) < 4.78 is 0. The van der Waals surface area contributed by atoms with Crippen LogP contribution in [0.25, 0.3) is 0 Å². The lowest BCUT2D eigenvalue weighted by Gasteiger charge is -2.21. The zero-order valence-electron chi connectivity index (χ0n) is 16.4. The maximum absolute atomic E-state index is 12.1. The molecule has 148 valence electrons. The number of hydrogen-bond acceptors (Lipinski definition) is 3. The monoisotopic (exact) mass is 500 g/mol. The summed E-state index contributed by atoms with van der Waals surface area (Å²) in [4.78, 5) is 20.6. The molecule has 1 N–H and O–H groups in total. The molecule has 0 aliphatic rings. The molecular formula is C20H29IN4OS. The van der Waals surface area contributed by atoms with Crippen LogP contribution in [0.5, 0.6) is 0 Å². The molecule has 2 aromatic rings. The van der Waals surface area contributed by atoms with Crippen LogP contribution < -0.4 is 5.32 Å². The first-order valence-electron chi connectivity index (χ1n) is 8.82. The van der Waals surface area contributed by atoms with E-state index in [1.807, 2.05) is 24.3 Å². The van der Waals surface area contributed by atoms with Gasteiger partial charge in [-0.25, -0.2) is 0 Å². The van der Waals surface area contributed by atoms with Crippen LogP contribution in [-0.2, 0) is 13.0 Å². The quantitative estimate of drug-likeness (QED) is 0.358. The second-order valence-electron chi connectivity index (χ2n) is 6.37. The van der Waals surface area contributed by atoms with Crippen molar-refractivity contribution in [3.05, 3.63) is 57.8 Å². The lowest BCUT2D eigenvalue weighted by molar-refractivity contribution is 0.0827. The number of thiophene rings is 1. The van der Waals surface area contributed by atoms with Crippen LogP contribution in [0, 0.1) is 0 Å². The Labute approximate surface area is 183 Å². The van der Waals surface area contributed by atoms with E-state index in [4.69, 9.17) is 4.99 Å². The Morgan fingerprint density at radius 2 is 1.96 bits per heavy atom. The summed E-state index contributed by atoms with van der Waals surface area (Å²) in [5, 5.41) is 7.60. The summed E-state index contributed by atoms with van der Waals surface area (Å²) in [5.41, 5.74) is 3.13. The zero-order chi connectivity index (χ0) is 18.9. The van der Waals surface area contributed by atoms with Crippen LogP contribution in [0.1, 0.15) is 28.4 Å². The Morgan fingerprint density at radius 3 is 2.59 bits per heavy atom. The molecule has 5 nitrogen and oxygen atoms in total. The van der Waals surface area contributed by atoms with Crippen LogP contribution >= 0.6 is 35.3 Å². The number of carbonyl (C=O) groups is 1. The smallest absolute Gasteiger partial charge is 0.253 e. The number of halogens is 1. The Balaban J connectivity index is 0.00000364. The first kappa shape index (κ1) is 23.4. The maximum atomic E-state index is 12.1. The molecule has 0 unspecified atom stereocenters. The molecule has 0 spiro atoms. The molecule has 27 heavy (non-hydrogen) atoms. The Kier molecular flexibility index (Phi) is 10.4. The van der Waals surface area contributed by atoms with Crippen molar-refractivity contribution in [2.75, 3.05) is 34.2 Å². The Morgan fingerprint density at radius 1 is 1.19 bits per heavy atom. The van der Waals surface area contributed by atoms with E-state index < -0.39 is 0 Å². The van der Waals surface area contributed by atoms with E-state index in [0.717, 1.165) is 36.6 Å². The lowest BCUT2D eigenvalue weighted by atomic mass is 10.1. The molecule has 0 aliphatic carbocycles. The molecule has 1 aromatic heterocycles. The van der Waals surface area contributed by atoms with E-state index in [2.05, 4.69) is 41.0 Å². The highest BCUT2D eigenvalue weighted by Gasteiger charge is 2.09. The first-order chi connectivity index (χ1) is 12.5. The van der Waals surface area contributed by atoms with Crippen molar-refractivity contribution < 1.29 is 4.79 Å². The molecule has 2 rings (SSSR count). The molecule has 1 aromatic carbocycles. The highest BCUT2D eigenvalue weighted by atomic mass is 127. The van der Waals surface area contributed by atoms with Gasteiger partial charge in [0.2, 0.25) is 0 Å². The van der Waals surface area contributed by atoms with Crippen molar-refractivity contribution in [2.45, 2.75) is 19.9 Å². The number of carbonyl (C=O) groups excluding carboxylic acids is 1. The average molecular weight is 500 g/mol. The predicted molar refractivity (Wildman–Crippen MR) is 125 cm³/mol. The summed E-state index contributed by atoms with van der Waals surface area (Å²) in [6, 6.07) is 9.93. The molecule has 0 radical (unpaired) electrons. The molecule has 0 bridgehead atoms. The second kappa shape index (κ2) is 12.0. The van der Waals surface area contributed by atoms with Crippen LogP contribution in [0.2, 0.25) is 0 Å². The molecule has 1 heterocycles. The number of hydrogen-bond donors (Lipinski definition) is 1. The predicted octanol–water partition coefficient (Wildman–Crippen LogP) is 3.71. The topological polar surface area (TPSA) is 47.9 Å². The van der Waals surface area contributed by atoms with E-state index >= 15 is 0 Å². The van der Waals surface area contributed by atoms with Gasteiger partial charge in [-0.1, -0.05) is 12.1 Å². The molecular weight excluding hydrogens is 471 g/mol. The van der Waals surface area contributed by atoms with Crippen LogP contribution in [0.4, 0.5) is 0 Å². The van der Waals surface area contributed by atoms with Gasteiger partial charge < -0.3 is 15.1 Å². The normalized spacial score (nSPS) is 10.9. The van der Waals surface area contributed by atoms with Crippen molar-refractivity contribution in [3.63, 3.8) is 0 Å². The van der Waals surface area contributed by atoms with E-state index in [-0.39, 0.29) is 29.9 Å². The van der Waals surface area contributed by atoms with E-state index in [1.165, 1.54) is 5.56 Å². The van der Waals surface area contributed by atoms with Crippen molar-refractivity contribution in [1.29, 1.82) is 0 Å². The fraction of sp³-hybridized carbons (Fsp3) is 0.400. The summed E-state index contributed by atoms with van der Waals surface area (Å²) >= 11 is 1.71. The van der Waals surface area contributed by atoms with Gasteiger partial charge >= 0.3 is 0 Å². The van der Waals surface area contributed by atoms with Crippen LogP contribution in [0.15, 0.2) is 46.1 Å². The maximum Gasteiger partial charge on any atom is 0.253 e. The Hall–Kier alpha value is -1.61. The summed E-state index contributed by atoms with van der Waals surface area (Å²) in [6.45, 7) is 4.42. The summed E-state index contributed by atoms with van der Waals surface area (Å²) in [5.74, 6) is 0.929. The molecule has 0 fully saturated rings. The van der Waals surface area contributed by atoms with Crippen molar-refractivity contribution >= 4 is 47.2 Å². The highest BCUT2D eigenvalue weighted by Crippen LogP contribution is 2.10. The molecule has 0 aliphatic heterocycles. The first-order valence-corrected chi connectivity index (χ1v) is 9.76. The number of amides is 1. The number of nitrogens with zero attached hydrogens (tertiary/aromatic N) is 3. The van der Waals surface area contributed by atoms with E-state index in [1.54, 1.807) is 30.3 Å². The third-order valence-electron chi connectivity index (χ3n) is 3.94. The molecule has 0 saturated heterocycles. The third-order valence-corrected chi connectivity index (χ3v) is 4.67. The standard InChI is InChI=1S/C20H28N4OS.HI/c1-5-21-20(24(4)14-17-10-12-26-15-17)22-11-9-16-7-6-8-18(13-16)19(25)23(2)3;/h6-8,10,12-13,15H,5,9,11,14H2,1-4H3,(H,21,22);1H. The minimum atomic E-state index is 0. The van der Waals surface area contributed by atoms with Crippen molar-refractivity contribution in [3.8, 4) is 0 Å².